The second kappa shape index (κ2) is 6.55. The van der Waals surface area contributed by atoms with Crippen LogP contribution in [0, 0.1) is 22.7 Å². The van der Waals surface area contributed by atoms with Crippen molar-refractivity contribution in [1.82, 2.24) is 0 Å². The minimum atomic E-state index is -1.36. The van der Waals surface area contributed by atoms with Crippen LogP contribution < -0.4 is 0 Å². The van der Waals surface area contributed by atoms with Crippen molar-refractivity contribution in [3.63, 3.8) is 0 Å². The van der Waals surface area contributed by atoms with Crippen LogP contribution >= 0.6 is 0 Å². The molecule has 3 aliphatic carbocycles. The zero-order valence-electron chi connectivity index (χ0n) is 17.5. The second-order valence-electron chi connectivity index (χ2n) is 9.62. The molecule has 0 radical (unpaired) electrons. The normalized spacial score (nSPS) is 35.1. The smallest absolute Gasteiger partial charge is 0.303 e. The monoisotopic (exact) mass is 390 g/mol. The lowest BCUT2D eigenvalue weighted by Crippen LogP contribution is -2.60. The van der Waals surface area contributed by atoms with Crippen LogP contribution in [0.25, 0.3) is 0 Å². The molecular formula is C22H30O6. The van der Waals surface area contributed by atoms with E-state index in [-0.39, 0.29) is 39.7 Å². The molecule has 3 aliphatic rings. The number of aliphatic hydroxyl groups is 2. The summed E-state index contributed by atoms with van der Waals surface area (Å²) in [6, 6.07) is 0. The maximum absolute atomic E-state index is 13.2. The van der Waals surface area contributed by atoms with Gasteiger partial charge >= 0.3 is 5.97 Å². The molecule has 0 aliphatic heterocycles. The van der Waals surface area contributed by atoms with E-state index < -0.39 is 35.2 Å². The molecule has 6 nitrogen and oxygen atoms in total. The molecule has 0 amide bonds. The summed E-state index contributed by atoms with van der Waals surface area (Å²) in [6.07, 6.45) is 0.0473. The molecule has 2 N–H and O–H groups in total. The molecule has 0 heterocycles. The summed E-state index contributed by atoms with van der Waals surface area (Å²) in [5, 5.41) is 22.1. The molecule has 154 valence electrons. The number of ketones is 2. The summed E-state index contributed by atoms with van der Waals surface area (Å²) in [7, 11) is 0. The molecule has 0 aromatic rings. The topological polar surface area (TPSA) is 101 Å². The van der Waals surface area contributed by atoms with Crippen LogP contribution in [0.5, 0.6) is 0 Å². The van der Waals surface area contributed by atoms with E-state index in [0.29, 0.717) is 6.42 Å². The third-order valence-corrected chi connectivity index (χ3v) is 6.89. The van der Waals surface area contributed by atoms with Crippen LogP contribution in [-0.4, -0.2) is 40.0 Å². The molecule has 0 spiro atoms. The fourth-order valence-electron chi connectivity index (χ4n) is 5.96. The highest BCUT2D eigenvalue weighted by molar-refractivity contribution is 6.50. The van der Waals surface area contributed by atoms with Crippen molar-refractivity contribution in [3.05, 3.63) is 22.5 Å². The van der Waals surface area contributed by atoms with Crippen LogP contribution in [0.4, 0.5) is 0 Å². The number of aliphatic hydroxyl groups excluding tert-OH is 2. The van der Waals surface area contributed by atoms with Gasteiger partial charge in [0.1, 0.15) is 18.0 Å². The number of fused-ring (bicyclic) bond motifs is 2. The van der Waals surface area contributed by atoms with Gasteiger partial charge in [-0.1, -0.05) is 41.0 Å². The molecular weight excluding hydrogens is 360 g/mol. The zero-order chi connectivity index (χ0) is 21.2. The first kappa shape index (κ1) is 20.8. The van der Waals surface area contributed by atoms with Crippen LogP contribution in [0.15, 0.2) is 22.5 Å². The van der Waals surface area contributed by atoms with Crippen molar-refractivity contribution in [2.24, 2.45) is 22.7 Å². The quantitative estimate of drug-likeness (QED) is 0.427. The molecule has 0 unspecified atom stereocenters. The van der Waals surface area contributed by atoms with Gasteiger partial charge in [0.2, 0.25) is 11.6 Å². The number of hydrogen-bond donors (Lipinski definition) is 2. The van der Waals surface area contributed by atoms with E-state index in [0.717, 1.165) is 12.8 Å². The van der Waals surface area contributed by atoms with Gasteiger partial charge in [-0.25, -0.2) is 0 Å². The van der Waals surface area contributed by atoms with Crippen molar-refractivity contribution >= 4 is 17.5 Å². The standard InChI is InChI=1S/C22H30O6/c1-10(2)12-15(24)13-14(18(27)16(12)25)22(6)9-7-8-21(4,5)20(22)19(17(13)26)28-11(3)23/h10,17,19-20,24,26H,7-9H2,1-6H3/t17-,19-,20-,22+/m0/s1. The number of ether oxygens (including phenoxy) is 1. The Morgan fingerprint density at radius 3 is 2.29 bits per heavy atom. The highest BCUT2D eigenvalue weighted by atomic mass is 16.6. The Balaban J connectivity index is 2.34. The third-order valence-electron chi connectivity index (χ3n) is 6.89. The number of Topliss-reactive ketones (excluding diaryl/α,β-unsaturated/α-hetero) is 2. The number of carbonyl (C=O) groups is 3. The summed E-state index contributed by atoms with van der Waals surface area (Å²) in [6.45, 7) is 10.7. The Morgan fingerprint density at radius 2 is 1.75 bits per heavy atom. The minimum absolute atomic E-state index is 0.0153. The highest BCUT2D eigenvalue weighted by Crippen LogP contribution is 2.61. The molecule has 1 fully saturated rings. The molecule has 6 heteroatoms. The summed E-state index contributed by atoms with van der Waals surface area (Å²) in [4.78, 5) is 37.8. The summed E-state index contributed by atoms with van der Waals surface area (Å²) < 4.78 is 5.58. The van der Waals surface area contributed by atoms with E-state index in [1.807, 2.05) is 20.8 Å². The van der Waals surface area contributed by atoms with E-state index >= 15 is 0 Å². The van der Waals surface area contributed by atoms with E-state index in [4.69, 9.17) is 4.74 Å². The Hall–Kier alpha value is -1.95. The van der Waals surface area contributed by atoms with Gasteiger partial charge in [0.25, 0.3) is 0 Å². The number of allylic oxidation sites excluding steroid dienone is 2. The number of carbonyl (C=O) groups excluding carboxylic acids is 3. The Morgan fingerprint density at radius 1 is 1.14 bits per heavy atom. The minimum Gasteiger partial charge on any atom is -0.507 e. The molecule has 3 rings (SSSR count). The lowest BCUT2D eigenvalue weighted by atomic mass is 9.47. The average molecular weight is 390 g/mol. The maximum atomic E-state index is 13.2. The summed E-state index contributed by atoms with van der Waals surface area (Å²) >= 11 is 0. The number of hydrogen-bond acceptors (Lipinski definition) is 6. The van der Waals surface area contributed by atoms with Crippen molar-refractivity contribution in [2.45, 2.75) is 73.0 Å². The molecule has 4 atom stereocenters. The first-order chi connectivity index (χ1) is 12.8. The first-order valence-electron chi connectivity index (χ1n) is 9.97. The Labute approximate surface area is 165 Å². The molecule has 0 bridgehead atoms. The fourth-order valence-corrected chi connectivity index (χ4v) is 5.96. The van der Waals surface area contributed by atoms with Crippen molar-refractivity contribution in [2.75, 3.05) is 0 Å². The Kier molecular flexibility index (Phi) is 4.86. The molecule has 0 saturated heterocycles. The molecule has 0 aromatic carbocycles. The average Bonchev–Trinajstić information content (AvgIpc) is 2.54. The van der Waals surface area contributed by atoms with Gasteiger partial charge in [-0.3, -0.25) is 14.4 Å². The maximum Gasteiger partial charge on any atom is 0.303 e. The van der Waals surface area contributed by atoms with Gasteiger partial charge < -0.3 is 14.9 Å². The third kappa shape index (κ3) is 2.76. The van der Waals surface area contributed by atoms with Crippen LogP contribution in [0.3, 0.4) is 0 Å². The first-order valence-corrected chi connectivity index (χ1v) is 9.97. The number of rotatable bonds is 2. The van der Waals surface area contributed by atoms with Gasteiger partial charge in [0.15, 0.2) is 0 Å². The number of esters is 1. The Bertz CT molecular complexity index is 815. The van der Waals surface area contributed by atoms with E-state index in [1.54, 1.807) is 13.8 Å². The van der Waals surface area contributed by atoms with Crippen molar-refractivity contribution < 1.29 is 29.3 Å². The van der Waals surface area contributed by atoms with E-state index in [9.17, 15) is 24.6 Å². The van der Waals surface area contributed by atoms with Crippen molar-refractivity contribution in [3.8, 4) is 0 Å². The van der Waals surface area contributed by atoms with Gasteiger partial charge in [-0.2, -0.15) is 0 Å². The van der Waals surface area contributed by atoms with Crippen molar-refractivity contribution in [1.29, 1.82) is 0 Å². The lowest BCUT2D eigenvalue weighted by Gasteiger charge is -2.58. The highest BCUT2D eigenvalue weighted by Gasteiger charge is 2.62. The van der Waals surface area contributed by atoms with Crippen LogP contribution in [-0.2, 0) is 19.1 Å². The fraction of sp³-hybridized carbons (Fsp3) is 0.682. The predicted octanol–water partition coefficient (Wildman–Crippen LogP) is 3.04. The van der Waals surface area contributed by atoms with Crippen LogP contribution in [0.1, 0.15) is 60.8 Å². The van der Waals surface area contributed by atoms with E-state index in [2.05, 4.69) is 0 Å². The zero-order valence-corrected chi connectivity index (χ0v) is 17.5. The molecule has 28 heavy (non-hydrogen) atoms. The largest absolute Gasteiger partial charge is 0.507 e. The summed E-state index contributed by atoms with van der Waals surface area (Å²) in [5.41, 5.74) is -0.821. The van der Waals surface area contributed by atoms with Gasteiger partial charge in [-0.15, -0.1) is 0 Å². The lowest BCUT2D eigenvalue weighted by molar-refractivity contribution is -0.174. The van der Waals surface area contributed by atoms with Gasteiger partial charge in [0, 0.05) is 35.0 Å². The SMILES string of the molecule is CC(=O)O[C@H]1[C@@H](O)C2=C(C(=O)C(=O)C(C(C)C)=C2O)[C@@]2(C)CCCC(C)(C)[C@H]12. The van der Waals surface area contributed by atoms with Crippen LogP contribution in [0.2, 0.25) is 0 Å². The van der Waals surface area contributed by atoms with Gasteiger partial charge in [-0.05, 0) is 24.2 Å². The summed E-state index contributed by atoms with van der Waals surface area (Å²) in [5.74, 6) is -2.94. The van der Waals surface area contributed by atoms with Gasteiger partial charge in [0.05, 0.1) is 0 Å². The molecule has 0 aromatic heterocycles. The second-order valence-corrected chi connectivity index (χ2v) is 9.62. The molecule has 1 saturated carbocycles. The van der Waals surface area contributed by atoms with E-state index in [1.165, 1.54) is 6.92 Å². The predicted molar refractivity (Wildman–Crippen MR) is 102 cm³/mol.